The average Bonchev–Trinajstić information content (AvgIpc) is 2.71. The minimum atomic E-state index is 0.527. The van der Waals surface area contributed by atoms with Gasteiger partial charge in [-0.2, -0.15) is 0 Å². The molecule has 0 saturated carbocycles. The van der Waals surface area contributed by atoms with Gasteiger partial charge in [-0.25, -0.2) is 4.98 Å². The highest BCUT2D eigenvalue weighted by Crippen LogP contribution is 2.12. The Balaban J connectivity index is 2.23. The highest BCUT2D eigenvalue weighted by Gasteiger charge is 2.04. The van der Waals surface area contributed by atoms with E-state index in [0.717, 1.165) is 24.6 Å². The van der Waals surface area contributed by atoms with Crippen molar-refractivity contribution in [2.45, 2.75) is 32.6 Å². The van der Waals surface area contributed by atoms with E-state index in [1.54, 1.807) is 11.3 Å². The van der Waals surface area contributed by atoms with Crippen molar-refractivity contribution in [3.8, 4) is 0 Å². The van der Waals surface area contributed by atoms with Crippen LogP contribution in [0, 0.1) is 5.92 Å². The van der Waals surface area contributed by atoms with Gasteiger partial charge in [0.1, 0.15) is 0 Å². The molecule has 16 heavy (non-hydrogen) atoms. The van der Waals surface area contributed by atoms with Crippen molar-refractivity contribution in [1.82, 2.24) is 9.88 Å². The van der Waals surface area contributed by atoms with Gasteiger partial charge in [0.2, 0.25) is 0 Å². The summed E-state index contributed by atoms with van der Waals surface area (Å²) >= 11 is 7.44. The van der Waals surface area contributed by atoms with Crippen LogP contribution in [0.1, 0.15) is 31.0 Å². The van der Waals surface area contributed by atoms with Crippen molar-refractivity contribution >= 4 is 22.9 Å². The van der Waals surface area contributed by atoms with Crippen LogP contribution in [0.2, 0.25) is 0 Å². The number of halogens is 1. The first-order valence-electron chi connectivity index (χ1n) is 5.79. The van der Waals surface area contributed by atoms with Crippen LogP contribution >= 0.6 is 22.9 Å². The fraction of sp³-hybridized carbons (Fsp3) is 0.750. The summed E-state index contributed by atoms with van der Waals surface area (Å²) in [5, 5.41) is 3.25. The largest absolute Gasteiger partial charge is 0.306 e. The van der Waals surface area contributed by atoms with Gasteiger partial charge in [-0.1, -0.05) is 13.8 Å². The number of aromatic nitrogens is 1. The number of alkyl halides is 1. The number of nitrogens with zero attached hydrogens (tertiary/aromatic N) is 2. The van der Waals surface area contributed by atoms with E-state index in [-0.39, 0.29) is 0 Å². The molecular weight excluding hydrogens is 240 g/mol. The zero-order valence-corrected chi connectivity index (χ0v) is 11.9. The van der Waals surface area contributed by atoms with Gasteiger partial charge in [0.25, 0.3) is 0 Å². The number of hydrogen-bond donors (Lipinski definition) is 0. The maximum Gasteiger partial charge on any atom is 0.0941 e. The van der Waals surface area contributed by atoms with Crippen LogP contribution in [0.5, 0.6) is 0 Å². The Labute approximate surface area is 108 Å². The van der Waals surface area contributed by atoms with Gasteiger partial charge in [-0.05, 0) is 25.9 Å². The molecule has 0 bridgehead atoms. The molecule has 1 aromatic rings. The van der Waals surface area contributed by atoms with Crippen LogP contribution < -0.4 is 0 Å². The van der Waals surface area contributed by atoms with E-state index in [1.165, 1.54) is 18.0 Å². The molecule has 1 rings (SSSR count). The topological polar surface area (TPSA) is 16.1 Å². The van der Waals surface area contributed by atoms with Gasteiger partial charge in [0.15, 0.2) is 0 Å². The highest BCUT2D eigenvalue weighted by atomic mass is 35.5. The molecule has 0 aliphatic rings. The van der Waals surface area contributed by atoms with Crippen molar-refractivity contribution in [2.24, 2.45) is 5.92 Å². The molecule has 0 atom stereocenters. The fourth-order valence-electron chi connectivity index (χ4n) is 1.40. The van der Waals surface area contributed by atoms with Crippen LogP contribution in [0.25, 0.3) is 0 Å². The van der Waals surface area contributed by atoms with Crippen molar-refractivity contribution in [1.29, 1.82) is 0 Å². The normalized spacial score (nSPS) is 11.6. The molecule has 2 nitrogen and oxygen atoms in total. The van der Waals surface area contributed by atoms with Gasteiger partial charge >= 0.3 is 0 Å². The first-order chi connectivity index (χ1) is 7.61. The van der Waals surface area contributed by atoms with Crippen LogP contribution in [-0.4, -0.2) is 30.0 Å². The second kappa shape index (κ2) is 7.25. The standard InChI is InChI=1S/C12H21ClN2S/c1-10(2)4-6-15(3)7-5-12-14-11(8-13)9-16-12/h9-10H,4-8H2,1-3H3. The Kier molecular flexibility index (Phi) is 6.32. The predicted molar refractivity (Wildman–Crippen MR) is 72.3 cm³/mol. The Hall–Kier alpha value is -0.120. The van der Waals surface area contributed by atoms with Crippen molar-refractivity contribution in [3.63, 3.8) is 0 Å². The molecule has 92 valence electrons. The van der Waals surface area contributed by atoms with E-state index in [4.69, 9.17) is 11.6 Å². The van der Waals surface area contributed by atoms with Gasteiger partial charge < -0.3 is 4.90 Å². The number of hydrogen-bond acceptors (Lipinski definition) is 3. The summed E-state index contributed by atoms with van der Waals surface area (Å²) in [7, 11) is 2.18. The second-order valence-corrected chi connectivity index (χ2v) is 5.81. The van der Waals surface area contributed by atoms with E-state index in [9.17, 15) is 0 Å². The second-order valence-electron chi connectivity index (χ2n) is 4.60. The van der Waals surface area contributed by atoms with E-state index in [0.29, 0.717) is 5.88 Å². The molecule has 0 unspecified atom stereocenters. The Bertz CT molecular complexity index is 299. The van der Waals surface area contributed by atoms with Crippen molar-refractivity contribution in [3.05, 3.63) is 16.1 Å². The van der Waals surface area contributed by atoms with Gasteiger partial charge in [-0.3, -0.25) is 0 Å². The molecule has 0 aliphatic carbocycles. The summed E-state index contributed by atoms with van der Waals surface area (Å²) < 4.78 is 0. The Morgan fingerprint density at radius 3 is 2.75 bits per heavy atom. The predicted octanol–water partition coefficient (Wildman–Crippen LogP) is 3.40. The summed E-state index contributed by atoms with van der Waals surface area (Å²) in [5.74, 6) is 1.31. The van der Waals surface area contributed by atoms with E-state index in [2.05, 4.69) is 36.2 Å². The summed E-state index contributed by atoms with van der Waals surface area (Å²) in [4.78, 5) is 6.83. The van der Waals surface area contributed by atoms with Gasteiger partial charge in [0.05, 0.1) is 16.6 Å². The molecule has 4 heteroatoms. The molecule has 1 heterocycles. The Morgan fingerprint density at radius 1 is 1.44 bits per heavy atom. The SMILES string of the molecule is CC(C)CCN(C)CCc1nc(CCl)cs1. The van der Waals surface area contributed by atoms with Gasteiger partial charge in [-0.15, -0.1) is 22.9 Å². The third-order valence-corrected chi connectivity index (χ3v) is 3.76. The first kappa shape index (κ1) is 13.9. The lowest BCUT2D eigenvalue weighted by Gasteiger charge is -2.16. The number of thiazole rings is 1. The summed E-state index contributed by atoms with van der Waals surface area (Å²) in [6, 6.07) is 0. The smallest absolute Gasteiger partial charge is 0.0941 e. The summed E-state index contributed by atoms with van der Waals surface area (Å²) in [5.41, 5.74) is 1.01. The zero-order valence-electron chi connectivity index (χ0n) is 10.4. The number of rotatable bonds is 7. The molecule has 0 fully saturated rings. The quantitative estimate of drug-likeness (QED) is 0.699. The lowest BCUT2D eigenvalue weighted by molar-refractivity contribution is 0.314. The zero-order chi connectivity index (χ0) is 12.0. The maximum absolute atomic E-state index is 5.72. The highest BCUT2D eigenvalue weighted by molar-refractivity contribution is 7.09. The molecule has 0 aliphatic heterocycles. The lowest BCUT2D eigenvalue weighted by atomic mass is 10.1. The molecule has 0 saturated heterocycles. The van der Waals surface area contributed by atoms with Crippen molar-refractivity contribution < 1.29 is 0 Å². The van der Waals surface area contributed by atoms with E-state index in [1.807, 2.05) is 0 Å². The van der Waals surface area contributed by atoms with Crippen LogP contribution in [-0.2, 0) is 12.3 Å². The lowest BCUT2D eigenvalue weighted by Crippen LogP contribution is -2.23. The third-order valence-electron chi connectivity index (χ3n) is 2.53. The van der Waals surface area contributed by atoms with E-state index < -0.39 is 0 Å². The molecule has 1 aromatic heterocycles. The minimum absolute atomic E-state index is 0.527. The van der Waals surface area contributed by atoms with Crippen LogP contribution in [0.3, 0.4) is 0 Å². The molecule has 0 amide bonds. The first-order valence-corrected chi connectivity index (χ1v) is 7.21. The third kappa shape index (κ3) is 5.28. The summed E-state index contributed by atoms with van der Waals surface area (Å²) in [6.45, 7) is 6.79. The molecule has 0 radical (unpaired) electrons. The number of likely N-dealkylation sites (N-methyl/N-ethyl adjacent to an activating group) is 1. The summed E-state index contributed by atoms with van der Waals surface area (Å²) in [6.07, 6.45) is 2.30. The van der Waals surface area contributed by atoms with Gasteiger partial charge in [0, 0.05) is 18.3 Å². The Morgan fingerprint density at radius 2 is 2.19 bits per heavy atom. The average molecular weight is 261 g/mol. The molecule has 0 N–H and O–H groups in total. The van der Waals surface area contributed by atoms with Crippen LogP contribution in [0.15, 0.2) is 5.38 Å². The van der Waals surface area contributed by atoms with Crippen LogP contribution in [0.4, 0.5) is 0 Å². The maximum atomic E-state index is 5.72. The monoisotopic (exact) mass is 260 g/mol. The fourth-order valence-corrected chi connectivity index (χ4v) is 2.42. The molecule has 0 spiro atoms. The molecular formula is C12H21ClN2S. The van der Waals surface area contributed by atoms with E-state index >= 15 is 0 Å². The molecule has 0 aromatic carbocycles. The van der Waals surface area contributed by atoms with Crippen molar-refractivity contribution in [2.75, 3.05) is 20.1 Å². The minimum Gasteiger partial charge on any atom is -0.306 e.